The highest BCUT2D eigenvalue weighted by molar-refractivity contribution is 5.48. The molecule has 0 N–H and O–H groups in total. The van der Waals surface area contributed by atoms with E-state index in [-0.39, 0.29) is 0 Å². The molecule has 0 unspecified atom stereocenters. The second kappa shape index (κ2) is 6.18. The van der Waals surface area contributed by atoms with Crippen LogP contribution in [0.2, 0.25) is 0 Å². The van der Waals surface area contributed by atoms with Crippen LogP contribution < -0.4 is 4.74 Å². The van der Waals surface area contributed by atoms with Crippen molar-refractivity contribution in [2.75, 3.05) is 7.11 Å². The van der Waals surface area contributed by atoms with Gasteiger partial charge in [0.05, 0.1) is 12.3 Å². The molecule has 1 heterocycles. The topological polar surface area (TPSA) is 55.1 Å². The fourth-order valence-corrected chi connectivity index (χ4v) is 2.00. The monoisotopic (exact) mass is 268 g/mol. The summed E-state index contributed by atoms with van der Waals surface area (Å²) < 4.78 is 10.9. The number of hydrogen-bond donors (Lipinski definition) is 0. The fourth-order valence-electron chi connectivity index (χ4n) is 2.00. The van der Waals surface area contributed by atoms with Gasteiger partial charge in [-0.05, 0) is 31.5 Å². The summed E-state index contributed by atoms with van der Waals surface area (Å²) in [6.07, 6.45) is 0. The van der Waals surface area contributed by atoms with Gasteiger partial charge in [0.25, 0.3) is 0 Å². The maximum absolute atomic E-state index is 9.22. The molecule has 102 valence electrons. The molecule has 1 aromatic carbocycles. The van der Waals surface area contributed by atoms with Crippen molar-refractivity contribution in [3.8, 4) is 17.6 Å². The van der Waals surface area contributed by atoms with Crippen LogP contribution in [0.15, 0.2) is 30.3 Å². The molecule has 0 atom stereocenters. The number of aromatic nitrogens is 1. The van der Waals surface area contributed by atoms with Gasteiger partial charge in [-0.15, -0.1) is 0 Å². The molecule has 0 saturated heterocycles. The molecule has 0 amide bonds. The Morgan fingerprint density at radius 3 is 2.75 bits per heavy atom. The zero-order valence-corrected chi connectivity index (χ0v) is 11.8. The third-order valence-corrected chi connectivity index (χ3v) is 2.84. The lowest BCUT2D eigenvalue weighted by atomic mass is 10.1. The van der Waals surface area contributed by atoms with E-state index in [2.05, 4.69) is 11.1 Å². The zero-order chi connectivity index (χ0) is 14.5. The quantitative estimate of drug-likeness (QED) is 0.851. The van der Waals surface area contributed by atoms with E-state index < -0.39 is 0 Å². The van der Waals surface area contributed by atoms with Crippen molar-refractivity contribution in [1.29, 1.82) is 5.26 Å². The fraction of sp³-hybridized carbons (Fsp3) is 0.250. The lowest BCUT2D eigenvalue weighted by Crippen LogP contribution is -1.97. The summed E-state index contributed by atoms with van der Waals surface area (Å²) in [6, 6.07) is 11.5. The predicted octanol–water partition coefficient (Wildman–Crippen LogP) is 3.51. The minimum atomic E-state index is 0.466. The van der Waals surface area contributed by atoms with Gasteiger partial charge < -0.3 is 9.47 Å². The Morgan fingerprint density at radius 1 is 1.25 bits per heavy atom. The van der Waals surface area contributed by atoms with Gasteiger partial charge in [-0.2, -0.15) is 5.26 Å². The van der Waals surface area contributed by atoms with E-state index in [0.717, 1.165) is 11.3 Å². The minimum Gasteiger partial charge on any atom is -0.456 e. The molecule has 0 aliphatic rings. The number of benzene rings is 1. The maximum atomic E-state index is 9.22. The van der Waals surface area contributed by atoms with Gasteiger partial charge in [-0.1, -0.05) is 12.1 Å². The highest BCUT2D eigenvalue weighted by Crippen LogP contribution is 2.27. The second-order valence-corrected chi connectivity index (χ2v) is 4.52. The van der Waals surface area contributed by atoms with Crippen molar-refractivity contribution < 1.29 is 9.47 Å². The minimum absolute atomic E-state index is 0.466. The lowest BCUT2D eigenvalue weighted by Gasteiger charge is -2.11. The van der Waals surface area contributed by atoms with Gasteiger partial charge in [0.1, 0.15) is 23.1 Å². The number of nitriles is 1. The zero-order valence-electron chi connectivity index (χ0n) is 11.8. The molecule has 1 aromatic heterocycles. The molecule has 0 aliphatic heterocycles. The first kappa shape index (κ1) is 14.0. The van der Waals surface area contributed by atoms with Crippen molar-refractivity contribution in [3.05, 3.63) is 52.8 Å². The van der Waals surface area contributed by atoms with Crippen LogP contribution in [0, 0.1) is 25.2 Å². The third-order valence-electron chi connectivity index (χ3n) is 2.84. The smallest absolute Gasteiger partial charge is 0.148 e. The Hall–Kier alpha value is -2.38. The average Bonchev–Trinajstić information content (AvgIpc) is 2.39. The first-order chi connectivity index (χ1) is 9.63. The van der Waals surface area contributed by atoms with E-state index in [1.807, 2.05) is 31.2 Å². The number of rotatable bonds is 4. The van der Waals surface area contributed by atoms with Gasteiger partial charge in [0.15, 0.2) is 0 Å². The predicted molar refractivity (Wildman–Crippen MR) is 75.7 cm³/mol. The van der Waals surface area contributed by atoms with E-state index in [1.54, 1.807) is 20.1 Å². The van der Waals surface area contributed by atoms with Crippen LogP contribution in [0.1, 0.15) is 22.5 Å². The Kier molecular flexibility index (Phi) is 4.34. The van der Waals surface area contributed by atoms with Crippen LogP contribution in [0.3, 0.4) is 0 Å². The van der Waals surface area contributed by atoms with Crippen molar-refractivity contribution >= 4 is 0 Å². The molecule has 0 radical (unpaired) electrons. The molecular weight excluding hydrogens is 252 g/mol. The number of hydrogen-bond acceptors (Lipinski definition) is 4. The summed E-state index contributed by atoms with van der Waals surface area (Å²) in [4.78, 5) is 4.27. The number of methoxy groups -OCH3 is 1. The van der Waals surface area contributed by atoms with E-state index in [9.17, 15) is 5.26 Å². The molecule has 4 nitrogen and oxygen atoms in total. The molecule has 0 saturated carbocycles. The van der Waals surface area contributed by atoms with E-state index in [1.165, 1.54) is 0 Å². The summed E-state index contributed by atoms with van der Waals surface area (Å²) in [5.41, 5.74) is 2.99. The van der Waals surface area contributed by atoms with Crippen molar-refractivity contribution in [2.24, 2.45) is 0 Å². The first-order valence-electron chi connectivity index (χ1n) is 6.28. The van der Waals surface area contributed by atoms with Crippen LogP contribution in [0.25, 0.3) is 0 Å². The van der Waals surface area contributed by atoms with Crippen LogP contribution in [0.5, 0.6) is 11.5 Å². The molecule has 2 rings (SSSR count). The number of ether oxygens (including phenoxy) is 2. The van der Waals surface area contributed by atoms with Crippen LogP contribution in [-0.4, -0.2) is 12.1 Å². The molecule has 0 bridgehead atoms. The summed E-state index contributed by atoms with van der Waals surface area (Å²) in [7, 11) is 1.65. The van der Waals surface area contributed by atoms with Gasteiger partial charge >= 0.3 is 0 Å². The van der Waals surface area contributed by atoms with Gasteiger partial charge in [-0.25, -0.2) is 0 Å². The Bertz CT molecular complexity index is 660. The van der Waals surface area contributed by atoms with Gasteiger partial charge in [0, 0.05) is 18.9 Å². The van der Waals surface area contributed by atoms with Crippen LogP contribution >= 0.6 is 0 Å². The molecule has 20 heavy (non-hydrogen) atoms. The van der Waals surface area contributed by atoms with Crippen molar-refractivity contribution in [3.63, 3.8) is 0 Å². The molecule has 2 aromatic rings. The van der Waals surface area contributed by atoms with E-state index in [4.69, 9.17) is 9.47 Å². The average molecular weight is 268 g/mol. The molecule has 0 spiro atoms. The van der Waals surface area contributed by atoms with Gasteiger partial charge in [-0.3, -0.25) is 4.98 Å². The highest BCUT2D eigenvalue weighted by atomic mass is 16.5. The van der Waals surface area contributed by atoms with Crippen molar-refractivity contribution in [2.45, 2.75) is 20.5 Å². The third kappa shape index (κ3) is 3.14. The molecule has 0 aliphatic carbocycles. The SMILES string of the molecule is COCc1cccc(Oc2cc(C)nc(C)c2C#N)c1. The normalized spacial score (nSPS) is 10.1. The summed E-state index contributed by atoms with van der Waals surface area (Å²) in [5, 5.41) is 9.22. The Balaban J connectivity index is 2.35. The van der Waals surface area contributed by atoms with E-state index in [0.29, 0.717) is 29.4 Å². The largest absolute Gasteiger partial charge is 0.456 e. The van der Waals surface area contributed by atoms with E-state index >= 15 is 0 Å². The number of nitrogens with zero attached hydrogens (tertiary/aromatic N) is 2. The standard InChI is InChI=1S/C16H16N2O2/c1-11-7-16(15(9-17)12(2)18-11)20-14-6-4-5-13(8-14)10-19-3/h4-8H,10H2,1-3H3. The van der Waals surface area contributed by atoms with Crippen LogP contribution in [-0.2, 0) is 11.3 Å². The highest BCUT2D eigenvalue weighted by Gasteiger charge is 2.10. The van der Waals surface area contributed by atoms with Crippen LogP contribution in [0.4, 0.5) is 0 Å². The molecular formula is C16H16N2O2. The maximum Gasteiger partial charge on any atom is 0.148 e. The molecule has 0 fully saturated rings. The Morgan fingerprint density at radius 2 is 2.05 bits per heavy atom. The summed E-state index contributed by atoms with van der Waals surface area (Å²) in [6.45, 7) is 4.21. The van der Waals surface area contributed by atoms with Crippen molar-refractivity contribution in [1.82, 2.24) is 4.98 Å². The molecule has 4 heteroatoms. The number of pyridine rings is 1. The van der Waals surface area contributed by atoms with Gasteiger partial charge in [0.2, 0.25) is 0 Å². The lowest BCUT2D eigenvalue weighted by molar-refractivity contribution is 0.184. The Labute approximate surface area is 118 Å². The number of aryl methyl sites for hydroxylation is 2. The summed E-state index contributed by atoms with van der Waals surface area (Å²) >= 11 is 0. The second-order valence-electron chi connectivity index (χ2n) is 4.52. The first-order valence-corrected chi connectivity index (χ1v) is 6.28. The summed E-state index contributed by atoms with van der Waals surface area (Å²) in [5.74, 6) is 1.22.